The minimum absolute atomic E-state index is 0.00635. The van der Waals surface area contributed by atoms with Crippen LogP contribution >= 0.6 is 0 Å². The average molecular weight is 496 g/mol. The lowest BCUT2D eigenvalue weighted by Crippen LogP contribution is -2.70. The predicted octanol–water partition coefficient (Wildman–Crippen LogP) is 4.08. The highest BCUT2D eigenvalue weighted by Gasteiger charge is 2.75. The van der Waals surface area contributed by atoms with Crippen molar-refractivity contribution in [2.24, 2.45) is 28.6 Å². The molecule has 1 aromatic rings. The standard InChI is InChI=1S/C30H38FNO4/c1-19-16-24-23-12-11-21-17-22(33)13-14-27(21,2)29(23,31)25(34)18-28(24,3)30(19,36)26(35)32-15-7-10-20-8-5-4-6-9-20/h4-6,8-9,13-14,17,19,23-25,34,36H,7,10-12,15-16,18H2,1-3H3,(H,32,35). The molecule has 36 heavy (non-hydrogen) atoms. The summed E-state index contributed by atoms with van der Waals surface area (Å²) in [6.45, 7) is 5.95. The van der Waals surface area contributed by atoms with Gasteiger partial charge < -0.3 is 15.5 Å². The third kappa shape index (κ3) is 3.33. The van der Waals surface area contributed by atoms with Crippen molar-refractivity contribution in [2.45, 2.75) is 76.7 Å². The van der Waals surface area contributed by atoms with Gasteiger partial charge >= 0.3 is 0 Å². The monoisotopic (exact) mass is 495 g/mol. The largest absolute Gasteiger partial charge is 0.390 e. The minimum Gasteiger partial charge on any atom is -0.390 e. The van der Waals surface area contributed by atoms with E-state index in [-0.39, 0.29) is 24.0 Å². The molecule has 3 fully saturated rings. The van der Waals surface area contributed by atoms with Gasteiger partial charge in [-0.2, -0.15) is 0 Å². The van der Waals surface area contributed by atoms with Crippen LogP contribution in [-0.4, -0.2) is 45.8 Å². The van der Waals surface area contributed by atoms with Gasteiger partial charge in [-0.15, -0.1) is 0 Å². The van der Waals surface area contributed by atoms with Crippen molar-refractivity contribution in [1.29, 1.82) is 0 Å². The molecule has 3 saturated carbocycles. The average Bonchev–Trinajstić information content (AvgIpc) is 3.05. The smallest absolute Gasteiger partial charge is 0.252 e. The quantitative estimate of drug-likeness (QED) is 0.537. The number of carbonyl (C=O) groups is 2. The van der Waals surface area contributed by atoms with Crippen LogP contribution in [0.25, 0.3) is 0 Å². The Kier molecular flexibility index (Phi) is 6.07. The first kappa shape index (κ1) is 25.3. The summed E-state index contributed by atoms with van der Waals surface area (Å²) in [5, 5.41) is 26.4. The molecule has 0 bridgehead atoms. The fourth-order valence-electron chi connectivity index (χ4n) is 8.30. The van der Waals surface area contributed by atoms with E-state index in [1.807, 2.05) is 32.0 Å². The Bertz CT molecular complexity index is 1120. The van der Waals surface area contributed by atoms with Gasteiger partial charge in [0.25, 0.3) is 5.91 Å². The summed E-state index contributed by atoms with van der Waals surface area (Å²) < 4.78 is 17.2. The van der Waals surface area contributed by atoms with Gasteiger partial charge in [-0.05, 0) is 75.0 Å². The second kappa shape index (κ2) is 8.63. The molecule has 1 amide bonds. The van der Waals surface area contributed by atoms with Crippen molar-refractivity contribution >= 4 is 11.7 Å². The number of ketones is 1. The number of rotatable bonds is 5. The Morgan fingerprint density at radius 1 is 1.19 bits per heavy atom. The third-order valence-corrected chi connectivity index (χ3v) is 10.3. The van der Waals surface area contributed by atoms with E-state index in [1.54, 1.807) is 13.0 Å². The Balaban J connectivity index is 1.38. The summed E-state index contributed by atoms with van der Waals surface area (Å²) in [5.74, 6) is -1.71. The number of aryl methyl sites for hydroxylation is 1. The molecule has 0 saturated heterocycles. The number of benzene rings is 1. The van der Waals surface area contributed by atoms with Crippen LogP contribution in [0.2, 0.25) is 0 Å². The number of alkyl halides is 1. The van der Waals surface area contributed by atoms with Crippen LogP contribution in [0.15, 0.2) is 54.1 Å². The molecular formula is C30H38FNO4. The van der Waals surface area contributed by atoms with Gasteiger partial charge in [-0.1, -0.05) is 55.8 Å². The van der Waals surface area contributed by atoms with E-state index in [0.29, 0.717) is 25.8 Å². The van der Waals surface area contributed by atoms with Gasteiger partial charge in [0, 0.05) is 23.3 Å². The number of amides is 1. The molecule has 1 aromatic carbocycles. The number of hydrogen-bond acceptors (Lipinski definition) is 4. The zero-order valence-electron chi connectivity index (χ0n) is 21.5. The number of nitrogens with one attached hydrogen (secondary N) is 1. The van der Waals surface area contributed by atoms with Gasteiger partial charge in [0.1, 0.15) is 0 Å². The molecule has 4 aliphatic carbocycles. The van der Waals surface area contributed by atoms with Crippen molar-refractivity contribution < 1.29 is 24.2 Å². The van der Waals surface area contributed by atoms with E-state index in [1.165, 1.54) is 17.7 Å². The summed E-state index contributed by atoms with van der Waals surface area (Å²) in [4.78, 5) is 25.5. The molecule has 8 atom stereocenters. The van der Waals surface area contributed by atoms with E-state index < -0.39 is 40.0 Å². The van der Waals surface area contributed by atoms with E-state index in [2.05, 4.69) is 17.4 Å². The lowest BCUT2D eigenvalue weighted by atomic mass is 9.44. The Morgan fingerprint density at radius 2 is 1.92 bits per heavy atom. The van der Waals surface area contributed by atoms with Crippen LogP contribution in [0.5, 0.6) is 0 Å². The lowest BCUT2D eigenvalue weighted by Gasteiger charge is -2.62. The van der Waals surface area contributed by atoms with Gasteiger partial charge in [-0.3, -0.25) is 9.59 Å². The normalized spacial score (nSPS) is 43.3. The minimum atomic E-state index is -1.96. The number of aliphatic hydroxyl groups excluding tert-OH is 1. The van der Waals surface area contributed by atoms with Crippen molar-refractivity contribution in [3.8, 4) is 0 Å². The van der Waals surface area contributed by atoms with Crippen LogP contribution in [0.3, 0.4) is 0 Å². The Hall–Kier alpha value is -2.31. The van der Waals surface area contributed by atoms with Crippen LogP contribution in [-0.2, 0) is 16.0 Å². The van der Waals surface area contributed by atoms with Crippen molar-refractivity contribution in [2.75, 3.05) is 6.54 Å². The van der Waals surface area contributed by atoms with Gasteiger partial charge in [0.05, 0.1) is 6.10 Å². The predicted molar refractivity (Wildman–Crippen MR) is 136 cm³/mol. The van der Waals surface area contributed by atoms with E-state index in [0.717, 1.165) is 18.4 Å². The Labute approximate surface area is 212 Å². The van der Waals surface area contributed by atoms with Gasteiger partial charge in [0.15, 0.2) is 17.1 Å². The number of aliphatic hydroxyl groups is 2. The fraction of sp³-hybridized carbons (Fsp3) is 0.600. The summed E-state index contributed by atoms with van der Waals surface area (Å²) in [7, 11) is 0. The topological polar surface area (TPSA) is 86.6 Å². The number of hydrogen-bond donors (Lipinski definition) is 3. The molecule has 5 rings (SSSR count). The molecule has 5 nitrogen and oxygen atoms in total. The summed E-state index contributed by atoms with van der Waals surface area (Å²) >= 11 is 0. The molecular weight excluding hydrogens is 457 g/mol. The first-order chi connectivity index (χ1) is 17.0. The van der Waals surface area contributed by atoms with Crippen LogP contribution in [0.1, 0.15) is 58.4 Å². The number of halogens is 1. The lowest BCUT2D eigenvalue weighted by molar-refractivity contribution is -0.219. The van der Waals surface area contributed by atoms with Crippen molar-refractivity contribution in [1.82, 2.24) is 5.32 Å². The van der Waals surface area contributed by atoms with Crippen molar-refractivity contribution in [3.05, 3.63) is 59.7 Å². The first-order valence-electron chi connectivity index (χ1n) is 13.3. The summed E-state index contributed by atoms with van der Waals surface area (Å²) in [6, 6.07) is 10.0. The maximum absolute atomic E-state index is 17.2. The first-order valence-corrected chi connectivity index (χ1v) is 13.3. The molecule has 0 heterocycles. The Morgan fingerprint density at radius 3 is 2.64 bits per heavy atom. The highest BCUT2D eigenvalue weighted by Crippen LogP contribution is 2.70. The molecule has 194 valence electrons. The summed E-state index contributed by atoms with van der Waals surface area (Å²) in [5.41, 5.74) is -3.76. The zero-order chi connectivity index (χ0) is 25.9. The maximum atomic E-state index is 17.2. The summed E-state index contributed by atoms with van der Waals surface area (Å²) in [6.07, 6.45) is 6.34. The molecule has 0 aromatic heterocycles. The van der Waals surface area contributed by atoms with Crippen molar-refractivity contribution in [3.63, 3.8) is 0 Å². The maximum Gasteiger partial charge on any atom is 0.252 e. The van der Waals surface area contributed by atoms with E-state index >= 15 is 4.39 Å². The zero-order valence-corrected chi connectivity index (χ0v) is 21.5. The molecule has 0 radical (unpaired) electrons. The number of fused-ring (bicyclic) bond motifs is 5. The van der Waals surface area contributed by atoms with Crippen LogP contribution in [0.4, 0.5) is 4.39 Å². The molecule has 3 N–H and O–H groups in total. The highest BCUT2D eigenvalue weighted by molar-refractivity contribution is 6.01. The highest BCUT2D eigenvalue weighted by atomic mass is 19.1. The third-order valence-electron chi connectivity index (χ3n) is 10.3. The number of carbonyl (C=O) groups excluding carboxylic acids is 2. The molecule has 0 spiro atoms. The number of allylic oxidation sites excluding steroid dienone is 4. The fourth-order valence-corrected chi connectivity index (χ4v) is 8.30. The van der Waals surface area contributed by atoms with E-state index in [9.17, 15) is 19.8 Å². The second-order valence-corrected chi connectivity index (χ2v) is 12.0. The second-order valence-electron chi connectivity index (χ2n) is 12.0. The molecule has 4 aliphatic rings. The SMILES string of the molecule is CC1CC2C3CCC4=CC(=O)C=CC4(C)C3(F)C(O)CC2(C)C1(O)C(=O)NCCCc1ccccc1. The molecule has 0 aliphatic heterocycles. The van der Waals surface area contributed by atoms with Gasteiger partial charge in [0.2, 0.25) is 0 Å². The van der Waals surface area contributed by atoms with Crippen LogP contribution in [0, 0.1) is 28.6 Å². The molecule has 6 heteroatoms. The van der Waals surface area contributed by atoms with E-state index in [4.69, 9.17) is 0 Å². The van der Waals surface area contributed by atoms with Crippen LogP contribution < -0.4 is 5.32 Å². The molecule has 8 unspecified atom stereocenters. The van der Waals surface area contributed by atoms with Gasteiger partial charge in [-0.25, -0.2) is 4.39 Å².